The molecule has 4 rings (SSSR count). The molecule has 0 saturated carbocycles. The van der Waals surface area contributed by atoms with Crippen LogP contribution >= 0.6 is 11.6 Å². The number of hydrogen-bond donors (Lipinski definition) is 1. The van der Waals surface area contributed by atoms with Crippen LogP contribution in [0.15, 0.2) is 24.4 Å². The van der Waals surface area contributed by atoms with Crippen molar-refractivity contribution >= 4 is 40.7 Å². The largest absolute Gasteiger partial charge is 0.495 e. The zero-order valence-corrected chi connectivity index (χ0v) is 17.6. The summed E-state index contributed by atoms with van der Waals surface area (Å²) < 4.78 is 5.43. The topological polar surface area (TPSA) is 87.7 Å². The monoisotopic (exact) mass is 429 g/mol. The maximum atomic E-state index is 12.9. The number of aromatic nitrogens is 2. The highest BCUT2D eigenvalue weighted by Gasteiger charge is 2.24. The Morgan fingerprint density at radius 3 is 2.67 bits per heavy atom. The summed E-state index contributed by atoms with van der Waals surface area (Å²) in [6.07, 6.45) is 5.95. The molecule has 2 saturated heterocycles. The molecule has 8 nitrogen and oxygen atoms in total. The number of hydrogen-bond acceptors (Lipinski definition) is 6. The van der Waals surface area contributed by atoms with E-state index in [0.29, 0.717) is 36.0 Å². The van der Waals surface area contributed by atoms with Crippen LogP contribution in [0.1, 0.15) is 42.6 Å². The average molecular weight is 430 g/mol. The fourth-order valence-electron chi connectivity index (χ4n) is 3.82. The van der Waals surface area contributed by atoms with E-state index in [1.165, 1.54) is 6.20 Å². The molecule has 0 unspecified atom stereocenters. The van der Waals surface area contributed by atoms with Gasteiger partial charge in [-0.05, 0) is 43.9 Å². The van der Waals surface area contributed by atoms with Gasteiger partial charge in [-0.15, -0.1) is 0 Å². The quantitative estimate of drug-likeness (QED) is 0.782. The second-order valence-corrected chi connectivity index (χ2v) is 7.81. The molecular weight excluding hydrogens is 406 g/mol. The summed E-state index contributed by atoms with van der Waals surface area (Å²) in [7, 11) is 1.56. The van der Waals surface area contributed by atoms with Gasteiger partial charge in [-0.1, -0.05) is 11.6 Å². The molecule has 158 valence electrons. The van der Waals surface area contributed by atoms with E-state index < -0.39 is 5.91 Å². The lowest BCUT2D eigenvalue weighted by Crippen LogP contribution is -2.35. The molecule has 2 aliphatic rings. The fraction of sp³-hybridized carbons (Fsp3) is 0.429. The third kappa shape index (κ3) is 4.18. The molecule has 2 aromatic rings. The highest BCUT2D eigenvalue weighted by molar-refractivity contribution is 6.34. The highest BCUT2D eigenvalue weighted by atomic mass is 35.5. The minimum Gasteiger partial charge on any atom is -0.495 e. The van der Waals surface area contributed by atoms with E-state index in [1.807, 2.05) is 4.90 Å². The summed E-state index contributed by atoms with van der Waals surface area (Å²) in [5.41, 5.74) is 1.30. The van der Waals surface area contributed by atoms with E-state index in [9.17, 15) is 9.59 Å². The van der Waals surface area contributed by atoms with Crippen molar-refractivity contribution in [3.8, 4) is 5.75 Å². The third-order valence-corrected chi connectivity index (χ3v) is 5.66. The van der Waals surface area contributed by atoms with Gasteiger partial charge in [-0.25, -0.2) is 9.97 Å². The van der Waals surface area contributed by atoms with Gasteiger partial charge in [0.2, 0.25) is 11.9 Å². The van der Waals surface area contributed by atoms with E-state index in [1.54, 1.807) is 30.2 Å². The molecule has 0 bridgehead atoms. The Morgan fingerprint density at radius 1 is 1.17 bits per heavy atom. The van der Waals surface area contributed by atoms with Crippen LogP contribution in [-0.2, 0) is 4.79 Å². The number of rotatable bonds is 5. The normalized spacial score (nSPS) is 16.7. The predicted molar refractivity (Wildman–Crippen MR) is 116 cm³/mol. The van der Waals surface area contributed by atoms with E-state index in [4.69, 9.17) is 16.3 Å². The first-order chi connectivity index (χ1) is 14.6. The van der Waals surface area contributed by atoms with Crippen molar-refractivity contribution in [2.45, 2.75) is 32.1 Å². The van der Waals surface area contributed by atoms with Crippen molar-refractivity contribution in [3.63, 3.8) is 0 Å². The van der Waals surface area contributed by atoms with Crippen LogP contribution in [0.2, 0.25) is 5.02 Å². The first-order valence-corrected chi connectivity index (χ1v) is 10.5. The number of nitrogens with zero attached hydrogens (tertiary/aromatic N) is 4. The average Bonchev–Trinajstić information content (AvgIpc) is 3.29. The van der Waals surface area contributed by atoms with Gasteiger partial charge in [0.1, 0.15) is 5.75 Å². The Balaban J connectivity index is 1.58. The summed E-state index contributed by atoms with van der Waals surface area (Å²) in [5, 5.41) is 3.03. The van der Waals surface area contributed by atoms with Crippen LogP contribution in [0, 0.1) is 0 Å². The van der Waals surface area contributed by atoms with Gasteiger partial charge in [0.05, 0.1) is 24.0 Å². The van der Waals surface area contributed by atoms with Crippen molar-refractivity contribution in [3.05, 3.63) is 35.1 Å². The Bertz CT molecular complexity index is 962. The Hall–Kier alpha value is -2.87. The zero-order chi connectivity index (χ0) is 21.1. The van der Waals surface area contributed by atoms with Crippen molar-refractivity contribution in [1.29, 1.82) is 0 Å². The van der Waals surface area contributed by atoms with E-state index in [2.05, 4.69) is 15.3 Å². The minimum absolute atomic E-state index is 0.0529. The summed E-state index contributed by atoms with van der Waals surface area (Å²) in [4.78, 5) is 37.7. The fourth-order valence-corrected chi connectivity index (χ4v) is 3.99. The molecule has 0 radical (unpaired) electrons. The van der Waals surface area contributed by atoms with E-state index in [-0.39, 0.29) is 16.6 Å². The Morgan fingerprint density at radius 2 is 1.93 bits per heavy atom. The number of amides is 2. The number of piperidine rings is 1. The van der Waals surface area contributed by atoms with Gasteiger partial charge in [0.25, 0.3) is 5.91 Å². The number of nitrogens with one attached hydrogen (secondary N) is 1. The number of ether oxygens (including phenoxy) is 1. The van der Waals surface area contributed by atoms with Crippen LogP contribution < -0.4 is 19.9 Å². The van der Waals surface area contributed by atoms with E-state index >= 15 is 0 Å². The van der Waals surface area contributed by atoms with Crippen molar-refractivity contribution < 1.29 is 14.3 Å². The lowest BCUT2D eigenvalue weighted by molar-refractivity contribution is -0.119. The molecule has 2 amide bonds. The van der Waals surface area contributed by atoms with Crippen molar-refractivity contribution in [1.82, 2.24) is 9.97 Å². The second-order valence-electron chi connectivity index (χ2n) is 7.40. The second kappa shape index (κ2) is 8.87. The molecule has 2 fully saturated rings. The van der Waals surface area contributed by atoms with Crippen LogP contribution in [0.4, 0.5) is 17.3 Å². The van der Waals surface area contributed by atoms with Crippen LogP contribution in [-0.4, -0.2) is 48.5 Å². The van der Waals surface area contributed by atoms with Gasteiger partial charge in [0.15, 0.2) is 5.69 Å². The standard InChI is InChI=1S/C21H24ClN5O3/c1-30-17-8-7-14(12-16(17)27-11-3-2-6-18(27)28)24-20(29)19-15(22)13-23-21(25-19)26-9-4-5-10-26/h7-8,12-13H,2-6,9-11H2,1H3,(H,24,29). The summed E-state index contributed by atoms with van der Waals surface area (Å²) >= 11 is 6.21. The number of carbonyl (C=O) groups excluding carboxylic acids is 2. The van der Waals surface area contributed by atoms with Crippen LogP contribution in [0.25, 0.3) is 0 Å². The van der Waals surface area contributed by atoms with Gasteiger partial charge in [-0.3, -0.25) is 9.59 Å². The number of benzene rings is 1. The van der Waals surface area contributed by atoms with E-state index in [0.717, 1.165) is 38.8 Å². The minimum atomic E-state index is -0.427. The van der Waals surface area contributed by atoms with Gasteiger partial charge >= 0.3 is 0 Å². The smallest absolute Gasteiger partial charge is 0.276 e. The first-order valence-electron chi connectivity index (χ1n) is 10.1. The summed E-state index contributed by atoms with van der Waals surface area (Å²) in [5.74, 6) is 0.720. The molecule has 2 aliphatic heterocycles. The Kier molecular flexibility index (Phi) is 6.03. The summed E-state index contributed by atoms with van der Waals surface area (Å²) in [6.45, 7) is 2.37. The van der Waals surface area contributed by atoms with Gasteiger partial charge < -0.3 is 19.9 Å². The van der Waals surface area contributed by atoms with Crippen LogP contribution in [0.5, 0.6) is 5.75 Å². The molecule has 3 heterocycles. The third-order valence-electron chi connectivity index (χ3n) is 5.39. The molecule has 0 spiro atoms. The molecule has 30 heavy (non-hydrogen) atoms. The first kappa shape index (κ1) is 20.4. The van der Waals surface area contributed by atoms with Crippen LogP contribution in [0.3, 0.4) is 0 Å². The number of halogens is 1. The van der Waals surface area contributed by atoms with Gasteiger partial charge in [-0.2, -0.15) is 0 Å². The van der Waals surface area contributed by atoms with Gasteiger partial charge in [0, 0.05) is 31.7 Å². The van der Waals surface area contributed by atoms with Crippen molar-refractivity contribution in [2.75, 3.05) is 41.9 Å². The number of carbonyl (C=O) groups is 2. The number of anilines is 3. The molecule has 0 aliphatic carbocycles. The van der Waals surface area contributed by atoms with Crippen molar-refractivity contribution in [2.24, 2.45) is 0 Å². The highest BCUT2D eigenvalue weighted by Crippen LogP contribution is 2.34. The molecule has 1 N–H and O–H groups in total. The molecule has 1 aromatic heterocycles. The predicted octanol–water partition coefficient (Wildman–Crippen LogP) is 3.51. The lowest BCUT2D eigenvalue weighted by atomic mass is 10.1. The Labute approximate surface area is 180 Å². The molecular formula is C21H24ClN5O3. The zero-order valence-electron chi connectivity index (χ0n) is 16.9. The summed E-state index contributed by atoms with van der Waals surface area (Å²) in [6, 6.07) is 5.21. The maximum Gasteiger partial charge on any atom is 0.276 e. The number of methoxy groups -OCH3 is 1. The lowest BCUT2D eigenvalue weighted by Gasteiger charge is -2.28. The maximum absolute atomic E-state index is 12.9. The molecule has 9 heteroatoms. The molecule has 1 aromatic carbocycles. The molecule has 0 atom stereocenters. The SMILES string of the molecule is COc1ccc(NC(=O)c2nc(N3CCCC3)ncc2Cl)cc1N1CCCCC1=O.